The zero-order valence-corrected chi connectivity index (χ0v) is 16.0. The molecule has 0 aromatic carbocycles. The van der Waals surface area contributed by atoms with Gasteiger partial charge in [-0.3, -0.25) is 0 Å². The summed E-state index contributed by atoms with van der Waals surface area (Å²) in [6.45, 7) is 6.00. The molecule has 2 heterocycles. The molecule has 0 saturated carbocycles. The van der Waals surface area contributed by atoms with E-state index in [1.807, 2.05) is 0 Å². The predicted molar refractivity (Wildman–Crippen MR) is 85.4 cm³/mol. The Kier molecular flexibility index (Phi) is 7.99. The summed E-state index contributed by atoms with van der Waals surface area (Å²) in [5, 5.41) is 0. The Morgan fingerprint density at radius 1 is 0.556 bits per heavy atom. The minimum absolute atomic E-state index is 0.778. The van der Waals surface area contributed by atoms with Crippen LogP contribution in [0.15, 0.2) is 0 Å². The second-order valence-corrected chi connectivity index (χ2v) is 10.0. The van der Waals surface area contributed by atoms with E-state index in [2.05, 4.69) is 0 Å². The van der Waals surface area contributed by atoms with Crippen LogP contribution < -0.4 is 0 Å². The lowest BCUT2D eigenvalue weighted by Crippen LogP contribution is -2.51. The van der Waals surface area contributed by atoms with Crippen molar-refractivity contribution in [2.45, 2.75) is 56.0 Å². The van der Waals surface area contributed by atoms with E-state index in [0.717, 1.165) is 4.13 Å². The molecule has 2 aliphatic heterocycles. The minimum atomic E-state index is -6.72. The number of rotatable bonds is 2. The smallest absolute Gasteiger partial charge is 0.421 e. The van der Waals surface area contributed by atoms with Crippen LogP contribution in [0.2, 0.25) is 0 Å². The molecular formula is C13H22F6N2O4S2. The van der Waals surface area contributed by atoms with Crippen LogP contribution in [0.5, 0.6) is 0 Å². The zero-order chi connectivity index (χ0) is 21.0. The van der Waals surface area contributed by atoms with Gasteiger partial charge in [0.2, 0.25) is 0 Å². The predicted octanol–water partition coefficient (Wildman–Crippen LogP) is 3.62. The number of alkyl halides is 6. The van der Waals surface area contributed by atoms with E-state index in [1.165, 1.54) is 75.6 Å². The van der Waals surface area contributed by atoms with Crippen molar-refractivity contribution < 1.29 is 47.7 Å². The van der Waals surface area contributed by atoms with Gasteiger partial charge in [0, 0.05) is 0 Å². The molecule has 0 amide bonds. The van der Waals surface area contributed by atoms with E-state index >= 15 is 0 Å². The van der Waals surface area contributed by atoms with Crippen molar-refractivity contribution in [3.63, 3.8) is 0 Å². The third-order valence-electron chi connectivity index (χ3n) is 4.56. The molecule has 6 nitrogen and oxygen atoms in total. The van der Waals surface area contributed by atoms with Crippen molar-refractivity contribution in [3.8, 4) is 0 Å². The molecule has 14 heteroatoms. The van der Waals surface area contributed by atoms with Crippen molar-refractivity contribution in [1.29, 1.82) is 0 Å². The van der Waals surface area contributed by atoms with Crippen LogP contribution in [0.4, 0.5) is 26.3 Å². The molecule has 27 heavy (non-hydrogen) atoms. The van der Waals surface area contributed by atoms with Crippen molar-refractivity contribution in [1.82, 2.24) is 0 Å². The highest BCUT2D eigenvalue weighted by Gasteiger charge is 2.46. The molecule has 0 atom stereocenters. The van der Waals surface area contributed by atoms with Gasteiger partial charge in [-0.2, -0.15) is 26.3 Å². The molecule has 0 aliphatic carbocycles. The third kappa shape index (κ3) is 7.06. The molecular weight excluding hydrogens is 426 g/mol. The Morgan fingerprint density at radius 3 is 1.07 bits per heavy atom. The monoisotopic (exact) mass is 448 g/mol. The number of sulfonamides is 2. The highest BCUT2D eigenvalue weighted by molar-refractivity contribution is 8.13. The van der Waals surface area contributed by atoms with Gasteiger partial charge in [0.05, 0.1) is 26.2 Å². The first kappa shape index (κ1) is 24.4. The Balaban J connectivity index is 0.000000274. The molecule has 0 N–H and O–H groups in total. The van der Waals surface area contributed by atoms with E-state index < -0.39 is 31.1 Å². The lowest BCUT2D eigenvalue weighted by Gasteiger charge is -2.40. The Hall–Kier alpha value is -0.600. The molecule has 1 spiro atoms. The third-order valence-corrected chi connectivity index (χ3v) is 7.30. The van der Waals surface area contributed by atoms with Crippen molar-refractivity contribution in [2.24, 2.45) is 0 Å². The fraction of sp³-hybridized carbons (Fsp3) is 1.00. The second kappa shape index (κ2) is 8.82. The first-order valence-corrected chi connectivity index (χ1v) is 11.2. The Bertz CT molecular complexity index is 631. The average Bonchev–Trinajstić information content (AvgIpc) is 2.71. The van der Waals surface area contributed by atoms with Gasteiger partial charge in [0.25, 0.3) is 0 Å². The summed E-state index contributed by atoms with van der Waals surface area (Å²) in [5.41, 5.74) is -12.4. The fourth-order valence-corrected chi connectivity index (χ4v) is 4.91. The van der Waals surface area contributed by atoms with Gasteiger partial charge in [-0.25, -0.2) is 16.8 Å². The Labute approximate surface area is 154 Å². The standard InChI is InChI=1S/C11H22N.C2F6NO4S2/c1-2-5-9-12(8-4-1)10-6-3-7-11-12;3-1(4,5)14(10,11)9-15(12,13)2(6,7)8/h1-11H2;/q+1;-1. The van der Waals surface area contributed by atoms with E-state index in [4.69, 9.17) is 0 Å². The summed E-state index contributed by atoms with van der Waals surface area (Å²) in [6.07, 6.45) is 10.5. The van der Waals surface area contributed by atoms with Crippen molar-refractivity contribution in [3.05, 3.63) is 4.13 Å². The average molecular weight is 448 g/mol. The van der Waals surface area contributed by atoms with Crippen LogP contribution in [0, 0.1) is 0 Å². The first-order valence-electron chi connectivity index (χ1n) is 8.34. The van der Waals surface area contributed by atoms with Gasteiger partial charge in [-0.15, -0.1) is 0 Å². The lowest BCUT2D eigenvalue weighted by atomic mass is 10.1. The van der Waals surface area contributed by atoms with Crippen LogP contribution in [-0.4, -0.2) is 58.5 Å². The maximum atomic E-state index is 11.4. The molecule has 0 bridgehead atoms. The molecule has 162 valence electrons. The molecule has 2 fully saturated rings. The zero-order valence-electron chi connectivity index (χ0n) is 14.4. The number of nitrogens with zero attached hydrogens (tertiary/aromatic N) is 2. The number of hydrogen-bond donors (Lipinski definition) is 0. The largest absolute Gasteiger partial charge is 0.480 e. The molecule has 0 unspecified atom stereocenters. The van der Waals surface area contributed by atoms with Crippen LogP contribution in [0.25, 0.3) is 4.13 Å². The topological polar surface area (TPSA) is 82.4 Å². The number of quaternary nitrogens is 1. The van der Waals surface area contributed by atoms with Gasteiger partial charge >= 0.3 is 11.0 Å². The molecule has 0 radical (unpaired) electrons. The van der Waals surface area contributed by atoms with Crippen LogP contribution in [0.3, 0.4) is 0 Å². The van der Waals surface area contributed by atoms with Gasteiger partial charge in [-0.05, 0) is 44.9 Å². The number of piperidine rings is 1. The van der Waals surface area contributed by atoms with Gasteiger partial charge in [0.1, 0.15) is 0 Å². The van der Waals surface area contributed by atoms with E-state index in [-0.39, 0.29) is 0 Å². The van der Waals surface area contributed by atoms with Gasteiger partial charge in [-0.1, -0.05) is 0 Å². The summed E-state index contributed by atoms with van der Waals surface area (Å²) < 4.78 is 111. The SMILES string of the molecule is C1CCC[N+]2(CC1)CCCCC2.O=S(=O)([N-]S(=O)(=O)C(F)(F)F)C(F)(F)F. The highest BCUT2D eigenvalue weighted by Crippen LogP contribution is 2.36. The van der Waals surface area contributed by atoms with Gasteiger partial charge < -0.3 is 8.61 Å². The van der Waals surface area contributed by atoms with Crippen LogP contribution in [-0.2, 0) is 20.0 Å². The van der Waals surface area contributed by atoms with E-state index in [0.29, 0.717) is 0 Å². The normalized spacial score (nSPS) is 21.9. The Morgan fingerprint density at radius 2 is 0.815 bits per heavy atom. The fourth-order valence-electron chi connectivity index (χ4n) is 3.20. The number of hydrogen-bond acceptors (Lipinski definition) is 4. The molecule has 0 aromatic rings. The molecule has 2 aliphatic rings. The molecule has 2 saturated heterocycles. The van der Waals surface area contributed by atoms with E-state index in [1.54, 1.807) is 0 Å². The van der Waals surface area contributed by atoms with Crippen molar-refractivity contribution in [2.75, 3.05) is 26.2 Å². The lowest BCUT2D eigenvalue weighted by molar-refractivity contribution is -0.931. The first-order chi connectivity index (χ1) is 12.1. The van der Waals surface area contributed by atoms with Crippen LogP contribution in [0.1, 0.15) is 44.9 Å². The number of halogens is 6. The quantitative estimate of drug-likeness (QED) is 0.477. The van der Waals surface area contributed by atoms with E-state index in [9.17, 15) is 43.2 Å². The summed E-state index contributed by atoms with van der Waals surface area (Å²) in [5.74, 6) is 0. The molecule has 2 rings (SSSR count). The minimum Gasteiger partial charge on any atom is -0.421 e. The van der Waals surface area contributed by atoms with Crippen molar-refractivity contribution >= 4 is 20.0 Å². The molecule has 0 aromatic heterocycles. The summed E-state index contributed by atoms with van der Waals surface area (Å²) in [4.78, 5) is 0. The summed E-state index contributed by atoms with van der Waals surface area (Å²) >= 11 is 0. The highest BCUT2D eigenvalue weighted by atomic mass is 32.3. The summed E-state index contributed by atoms with van der Waals surface area (Å²) in [7, 11) is -13.4. The second-order valence-electron chi connectivity index (χ2n) is 6.63. The maximum absolute atomic E-state index is 11.4. The summed E-state index contributed by atoms with van der Waals surface area (Å²) in [6, 6.07) is 0. The van der Waals surface area contributed by atoms with Crippen LogP contribution >= 0.6 is 0 Å². The maximum Gasteiger partial charge on any atom is 0.480 e. The van der Waals surface area contributed by atoms with Gasteiger partial charge in [0.15, 0.2) is 20.0 Å².